The van der Waals surface area contributed by atoms with E-state index < -0.39 is 11.5 Å². The number of carbonyl (C=O) groups excluding carboxylic acids is 1. The van der Waals surface area contributed by atoms with Gasteiger partial charge in [-0.2, -0.15) is 0 Å². The zero-order chi connectivity index (χ0) is 17.5. The van der Waals surface area contributed by atoms with Crippen molar-refractivity contribution in [1.29, 1.82) is 0 Å². The Kier molecular flexibility index (Phi) is 4.06. The summed E-state index contributed by atoms with van der Waals surface area (Å²) >= 11 is 1.55. The lowest BCUT2D eigenvalue weighted by atomic mass is 9.82. The summed E-state index contributed by atoms with van der Waals surface area (Å²) in [7, 11) is 1.62. The monoisotopic (exact) mass is 343 g/mol. The average molecular weight is 343 g/mol. The molecule has 0 bridgehead atoms. The van der Waals surface area contributed by atoms with Crippen molar-refractivity contribution in [3.05, 3.63) is 40.6 Å². The van der Waals surface area contributed by atoms with Gasteiger partial charge >= 0.3 is 0 Å². The van der Waals surface area contributed by atoms with Crippen LogP contribution in [0.1, 0.15) is 11.8 Å². The zero-order valence-electron chi connectivity index (χ0n) is 13.7. The molecule has 3 rings (SSSR count). The molecule has 0 fully saturated rings. The minimum Gasteiger partial charge on any atom is -0.399 e. The first kappa shape index (κ1) is 16.5. The van der Waals surface area contributed by atoms with Crippen LogP contribution >= 0.6 is 11.3 Å². The average Bonchev–Trinajstić information content (AvgIpc) is 3.04. The Morgan fingerprint density at radius 2 is 2.04 bits per heavy atom. The molecule has 1 aromatic carbocycles. The van der Waals surface area contributed by atoms with E-state index in [0.29, 0.717) is 5.69 Å². The molecule has 1 unspecified atom stereocenters. The fourth-order valence-corrected chi connectivity index (χ4v) is 4.09. The van der Waals surface area contributed by atoms with Crippen LogP contribution in [-0.2, 0) is 10.3 Å². The lowest BCUT2D eigenvalue weighted by Gasteiger charge is -2.39. The number of aliphatic imine (C=N–C) groups is 1. The Morgan fingerprint density at radius 3 is 2.71 bits per heavy atom. The van der Waals surface area contributed by atoms with Crippen molar-refractivity contribution in [2.75, 3.05) is 19.3 Å². The van der Waals surface area contributed by atoms with Gasteiger partial charge in [0.1, 0.15) is 5.54 Å². The molecule has 1 amide bonds. The predicted octanol–water partition coefficient (Wildman–Crippen LogP) is 1.57. The number of guanidine groups is 1. The fraction of sp³-hybridized carbons (Fsp3) is 0.294. The molecule has 1 aromatic heterocycles. The van der Waals surface area contributed by atoms with E-state index in [9.17, 15) is 4.79 Å². The molecule has 0 saturated heterocycles. The van der Waals surface area contributed by atoms with Crippen molar-refractivity contribution in [1.82, 2.24) is 4.90 Å². The fourth-order valence-electron chi connectivity index (χ4n) is 3.01. The second kappa shape index (κ2) is 5.92. The van der Waals surface area contributed by atoms with Crippen LogP contribution in [0.15, 0.2) is 40.7 Å². The van der Waals surface area contributed by atoms with Gasteiger partial charge in [0.15, 0.2) is 5.96 Å². The number of nitrogens with two attached hydrogens (primary N) is 3. The summed E-state index contributed by atoms with van der Waals surface area (Å²) in [5.74, 6) is -0.334. The lowest BCUT2D eigenvalue weighted by Crippen LogP contribution is -2.55. The third-order valence-corrected chi connectivity index (χ3v) is 5.71. The van der Waals surface area contributed by atoms with Crippen LogP contribution in [0.5, 0.6) is 0 Å². The number of hydrogen-bond donors (Lipinski definition) is 3. The van der Waals surface area contributed by atoms with E-state index in [-0.39, 0.29) is 18.4 Å². The number of nitrogens with zero attached hydrogens (tertiary/aromatic N) is 2. The van der Waals surface area contributed by atoms with Crippen molar-refractivity contribution < 1.29 is 4.79 Å². The molecule has 6 nitrogen and oxygen atoms in total. The van der Waals surface area contributed by atoms with E-state index in [0.717, 1.165) is 16.0 Å². The highest BCUT2D eigenvalue weighted by Gasteiger charge is 2.46. The number of carbonyl (C=O) groups is 1. The van der Waals surface area contributed by atoms with Gasteiger partial charge in [-0.25, -0.2) is 4.99 Å². The van der Waals surface area contributed by atoms with Crippen molar-refractivity contribution in [3.63, 3.8) is 0 Å². The molecule has 0 spiro atoms. The number of anilines is 1. The Labute approximate surface area is 145 Å². The smallest absolute Gasteiger partial charge is 0.236 e. The molecule has 1 aliphatic heterocycles. The van der Waals surface area contributed by atoms with Crippen LogP contribution in [0.25, 0.3) is 11.1 Å². The van der Waals surface area contributed by atoms with E-state index in [4.69, 9.17) is 17.2 Å². The summed E-state index contributed by atoms with van der Waals surface area (Å²) in [6.07, 6.45) is 0. The topological polar surface area (TPSA) is 111 Å². The molecule has 0 saturated carbocycles. The zero-order valence-corrected chi connectivity index (χ0v) is 14.5. The summed E-state index contributed by atoms with van der Waals surface area (Å²) in [5, 5.41) is 2.04. The van der Waals surface area contributed by atoms with Gasteiger partial charge in [-0.3, -0.25) is 9.69 Å². The standard InChI is InChI=1S/C17H21N5OS/c1-17(13(8-18)15(23)22(2)16(20)21-17)14-7-11(9-24-14)10-4-3-5-12(19)6-10/h3-7,9,13H,8,18-19H2,1-2H3,(H2,20,21)/t13?,17-/m0/s1. The second-order valence-corrected chi connectivity index (χ2v) is 7.04. The van der Waals surface area contributed by atoms with E-state index in [1.165, 1.54) is 4.90 Å². The van der Waals surface area contributed by atoms with E-state index in [2.05, 4.69) is 4.99 Å². The van der Waals surface area contributed by atoms with Crippen molar-refractivity contribution in [3.8, 4) is 11.1 Å². The number of benzene rings is 1. The molecule has 1 aliphatic rings. The van der Waals surface area contributed by atoms with Crippen LogP contribution < -0.4 is 17.2 Å². The maximum Gasteiger partial charge on any atom is 0.236 e. The predicted molar refractivity (Wildman–Crippen MR) is 98.5 cm³/mol. The molecule has 0 aliphatic carbocycles. The third kappa shape index (κ3) is 2.55. The lowest BCUT2D eigenvalue weighted by molar-refractivity contribution is -0.133. The van der Waals surface area contributed by atoms with E-state index in [1.54, 1.807) is 18.4 Å². The first-order valence-corrected chi connectivity index (χ1v) is 8.52. The Hall–Kier alpha value is -2.38. The number of amides is 1. The highest BCUT2D eigenvalue weighted by Crippen LogP contribution is 2.42. The van der Waals surface area contributed by atoms with E-state index >= 15 is 0 Å². The Balaban J connectivity index is 2.06. The van der Waals surface area contributed by atoms with Gasteiger partial charge in [-0.05, 0) is 41.6 Å². The van der Waals surface area contributed by atoms with Crippen LogP contribution in [0, 0.1) is 5.92 Å². The molecule has 2 aromatic rings. The molecule has 2 heterocycles. The molecule has 6 N–H and O–H groups in total. The summed E-state index contributed by atoms with van der Waals surface area (Å²) in [6, 6.07) is 9.73. The van der Waals surface area contributed by atoms with Gasteiger partial charge in [-0.1, -0.05) is 12.1 Å². The molecule has 0 radical (unpaired) electrons. The summed E-state index contributed by atoms with van der Waals surface area (Å²) in [4.78, 5) is 19.5. The largest absolute Gasteiger partial charge is 0.399 e. The summed E-state index contributed by atoms with van der Waals surface area (Å²) < 4.78 is 0. The van der Waals surface area contributed by atoms with Gasteiger partial charge in [0, 0.05) is 24.2 Å². The van der Waals surface area contributed by atoms with Crippen LogP contribution in [0.3, 0.4) is 0 Å². The van der Waals surface area contributed by atoms with Crippen molar-refractivity contribution in [2.24, 2.45) is 22.4 Å². The third-order valence-electron chi connectivity index (χ3n) is 4.55. The molecular formula is C17H21N5OS. The summed E-state index contributed by atoms with van der Waals surface area (Å²) in [6.45, 7) is 2.12. The van der Waals surface area contributed by atoms with Crippen molar-refractivity contribution in [2.45, 2.75) is 12.5 Å². The molecular weight excluding hydrogens is 322 g/mol. The first-order chi connectivity index (χ1) is 11.4. The molecule has 24 heavy (non-hydrogen) atoms. The Morgan fingerprint density at radius 1 is 1.29 bits per heavy atom. The van der Waals surface area contributed by atoms with Crippen molar-refractivity contribution >= 4 is 28.9 Å². The summed E-state index contributed by atoms with van der Waals surface area (Å²) in [5.41, 5.74) is 19.7. The number of thiophene rings is 1. The maximum absolute atomic E-state index is 12.6. The maximum atomic E-state index is 12.6. The normalized spacial score (nSPS) is 24.1. The van der Waals surface area contributed by atoms with Gasteiger partial charge in [0.25, 0.3) is 0 Å². The molecule has 7 heteroatoms. The van der Waals surface area contributed by atoms with Gasteiger partial charge < -0.3 is 17.2 Å². The van der Waals surface area contributed by atoms with E-state index in [1.807, 2.05) is 42.6 Å². The minimum atomic E-state index is -0.758. The first-order valence-electron chi connectivity index (χ1n) is 7.64. The molecule has 126 valence electrons. The number of hydrogen-bond acceptors (Lipinski definition) is 6. The highest BCUT2D eigenvalue weighted by atomic mass is 32.1. The Bertz CT molecular complexity index is 815. The minimum absolute atomic E-state index is 0.105. The van der Waals surface area contributed by atoms with Gasteiger partial charge in [0.05, 0.1) is 5.92 Å². The SMILES string of the molecule is CN1C(=O)C(CN)[C@@](C)(c2cc(-c3cccc(N)c3)cs2)N=C1N. The quantitative estimate of drug-likeness (QED) is 0.735. The highest BCUT2D eigenvalue weighted by molar-refractivity contribution is 7.10. The second-order valence-electron chi connectivity index (χ2n) is 6.13. The van der Waals surface area contributed by atoms with Gasteiger partial charge in [0.2, 0.25) is 5.91 Å². The number of nitrogen functional groups attached to an aromatic ring is 1. The van der Waals surface area contributed by atoms with Crippen LogP contribution in [0.4, 0.5) is 5.69 Å². The van der Waals surface area contributed by atoms with Crippen LogP contribution in [-0.4, -0.2) is 30.4 Å². The number of rotatable bonds is 3. The van der Waals surface area contributed by atoms with Gasteiger partial charge in [-0.15, -0.1) is 11.3 Å². The van der Waals surface area contributed by atoms with Crippen LogP contribution in [0.2, 0.25) is 0 Å². The molecule has 2 atom stereocenters.